The maximum absolute atomic E-state index is 12.0. The van der Waals surface area contributed by atoms with E-state index in [1.54, 1.807) is 4.90 Å². The normalized spacial score (nSPS) is 15.3. The van der Waals surface area contributed by atoms with Crippen LogP contribution in [0, 0.1) is 0 Å². The van der Waals surface area contributed by atoms with Gasteiger partial charge in [-0.15, -0.1) is 0 Å². The number of rotatable bonds is 1. The van der Waals surface area contributed by atoms with Crippen molar-refractivity contribution in [2.45, 2.75) is 45.9 Å². The number of carbonyl (C=O) groups is 1. The van der Waals surface area contributed by atoms with Crippen LogP contribution in [0.3, 0.4) is 0 Å². The lowest BCUT2D eigenvalue weighted by molar-refractivity contribution is 0.0221. The van der Waals surface area contributed by atoms with Gasteiger partial charge in [-0.1, -0.05) is 0 Å². The van der Waals surface area contributed by atoms with Gasteiger partial charge in [0.25, 0.3) is 0 Å². The maximum atomic E-state index is 12.0. The first-order valence-corrected chi connectivity index (χ1v) is 6.53. The molecule has 0 saturated heterocycles. The lowest BCUT2D eigenvalue weighted by Gasteiger charge is -2.29. The second-order valence-corrected chi connectivity index (χ2v) is 5.85. The van der Waals surface area contributed by atoms with Crippen molar-refractivity contribution >= 4 is 6.09 Å². The Labute approximate surface area is 113 Å². The van der Waals surface area contributed by atoms with Gasteiger partial charge in [0.05, 0.1) is 17.9 Å². The van der Waals surface area contributed by atoms with Crippen LogP contribution in [-0.4, -0.2) is 32.9 Å². The molecule has 1 aliphatic rings. The van der Waals surface area contributed by atoms with E-state index in [-0.39, 0.29) is 6.09 Å². The summed E-state index contributed by atoms with van der Waals surface area (Å²) in [6.07, 6.45) is 0.507. The van der Waals surface area contributed by atoms with Gasteiger partial charge in [-0.05, 0) is 27.2 Å². The molecule has 2 heterocycles. The first-order valence-electron chi connectivity index (χ1n) is 6.53. The molecule has 2 rings (SSSR count). The molecule has 2 N–H and O–H groups in total. The molecule has 0 bridgehead atoms. The van der Waals surface area contributed by atoms with Crippen molar-refractivity contribution in [2.75, 3.05) is 6.54 Å². The van der Waals surface area contributed by atoms with Crippen molar-refractivity contribution in [1.82, 2.24) is 14.7 Å². The summed E-state index contributed by atoms with van der Waals surface area (Å²) < 4.78 is 7.19. The molecule has 1 aromatic heterocycles. The summed E-state index contributed by atoms with van der Waals surface area (Å²) in [5.41, 5.74) is 8.43. The smallest absolute Gasteiger partial charge is 0.410 e. The second-order valence-electron chi connectivity index (χ2n) is 5.85. The minimum absolute atomic E-state index is 0.280. The molecule has 0 aliphatic carbocycles. The number of nitrogens with zero attached hydrogens (tertiary/aromatic N) is 3. The fraction of sp³-hybridized carbons (Fsp3) is 0.692. The number of hydrogen-bond acceptors (Lipinski definition) is 4. The summed E-state index contributed by atoms with van der Waals surface area (Å²) in [7, 11) is 1.89. The Morgan fingerprint density at radius 3 is 2.74 bits per heavy atom. The van der Waals surface area contributed by atoms with Gasteiger partial charge in [0.15, 0.2) is 0 Å². The molecule has 0 aromatic carbocycles. The number of aryl methyl sites for hydroxylation is 1. The third-order valence-electron chi connectivity index (χ3n) is 3.18. The average molecular weight is 266 g/mol. The summed E-state index contributed by atoms with van der Waals surface area (Å²) in [4.78, 5) is 13.7. The predicted molar refractivity (Wildman–Crippen MR) is 71.4 cm³/mol. The van der Waals surface area contributed by atoms with Crippen molar-refractivity contribution in [1.29, 1.82) is 0 Å². The van der Waals surface area contributed by atoms with Crippen LogP contribution < -0.4 is 5.73 Å². The Hall–Kier alpha value is -1.56. The Balaban J connectivity index is 2.12. The minimum Gasteiger partial charge on any atom is -0.444 e. The first-order chi connectivity index (χ1) is 8.81. The molecule has 1 aromatic rings. The van der Waals surface area contributed by atoms with E-state index in [1.807, 2.05) is 32.5 Å². The number of amides is 1. The molecule has 106 valence electrons. The quantitative estimate of drug-likeness (QED) is 0.828. The van der Waals surface area contributed by atoms with Gasteiger partial charge < -0.3 is 15.4 Å². The molecule has 0 unspecified atom stereocenters. The van der Waals surface area contributed by atoms with E-state index < -0.39 is 5.60 Å². The number of aromatic nitrogens is 2. The molecule has 6 heteroatoms. The summed E-state index contributed by atoms with van der Waals surface area (Å²) in [5.74, 6) is 0. The van der Waals surface area contributed by atoms with Crippen molar-refractivity contribution < 1.29 is 9.53 Å². The lowest BCUT2D eigenvalue weighted by Crippen LogP contribution is -2.40. The fourth-order valence-electron chi connectivity index (χ4n) is 2.32. The maximum Gasteiger partial charge on any atom is 0.410 e. The minimum atomic E-state index is -0.468. The van der Waals surface area contributed by atoms with E-state index in [0.29, 0.717) is 19.6 Å². The van der Waals surface area contributed by atoms with Crippen LogP contribution in [0.15, 0.2) is 0 Å². The number of ether oxygens (including phenoxy) is 1. The Bertz CT molecular complexity index is 488. The molecule has 0 saturated carbocycles. The van der Waals surface area contributed by atoms with E-state index in [9.17, 15) is 4.79 Å². The highest BCUT2D eigenvalue weighted by molar-refractivity contribution is 5.68. The summed E-state index contributed by atoms with van der Waals surface area (Å²) in [6.45, 7) is 7.23. The van der Waals surface area contributed by atoms with E-state index >= 15 is 0 Å². The van der Waals surface area contributed by atoms with E-state index in [4.69, 9.17) is 10.5 Å². The van der Waals surface area contributed by atoms with Gasteiger partial charge in [0, 0.05) is 25.7 Å². The van der Waals surface area contributed by atoms with E-state index in [0.717, 1.165) is 17.8 Å². The Kier molecular flexibility index (Phi) is 3.54. The standard InChI is InChI=1S/C13H22N4O2/c1-13(2,3)19-12(18)17-6-5-9-10(8-17)15-16(4)11(9)7-14/h5-8,14H2,1-4H3. The van der Waals surface area contributed by atoms with Crippen molar-refractivity contribution in [3.63, 3.8) is 0 Å². The Morgan fingerprint density at radius 2 is 2.16 bits per heavy atom. The SMILES string of the molecule is Cn1nc2c(c1CN)CCN(C(=O)OC(C)(C)C)C2. The predicted octanol–water partition coefficient (Wildman–Crippen LogP) is 1.17. The molecular weight excluding hydrogens is 244 g/mol. The molecule has 1 amide bonds. The zero-order valence-corrected chi connectivity index (χ0v) is 12.1. The molecule has 1 aliphatic heterocycles. The molecule has 6 nitrogen and oxygen atoms in total. The van der Waals surface area contributed by atoms with Crippen LogP contribution in [0.4, 0.5) is 4.79 Å². The van der Waals surface area contributed by atoms with Gasteiger partial charge in [-0.2, -0.15) is 5.10 Å². The summed E-state index contributed by atoms with van der Waals surface area (Å²) in [5, 5.41) is 4.44. The van der Waals surface area contributed by atoms with Crippen LogP contribution in [-0.2, 0) is 31.3 Å². The third kappa shape index (κ3) is 2.89. The highest BCUT2D eigenvalue weighted by atomic mass is 16.6. The zero-order valence-electron chi connectivity index (χ0n) is 12.1. The van der Waals surface area contributed by atoms with Crippen LogP contribution in [0.1, 0.15) is 37.7 Å². The number of fused-ring (bicyclic) bond motifs is 1. The zero-order chi connectivity index (χ0) is 14.2. The van der Waals surface area contributed by atoms with Crippen LogP contribution in [0.25, 0.3) is 0 Å². The third-order valence-corrected chi connectivity index (χ3v) is 3.18. The molecule has 0 fully saturated rings. The number of hydrogen-bond donors (Lipinski definition) is 1. The van der Waals surface area contributed by atoms with Crippen LogP contribution in [0.2, 0.25) is 0 Å². The topological polar surface area (TPSA) is 73.4 Å². The lowest BCUT2D eigenvalue weighted by atomic mass is 10.0. The molecule has 19 heavy (non-hydrogen) atoms. The average Bonchev–Trinajstić information content (AvgIpc) is 2.60. The highest BCUT2D eigenvalue weighted by Gasteiger charge is 2.28. The monoisotopic (exact) mass is 266 g/mol. The van der Waals surface area contributed by atoms with Crippen molar-refractivity contribution in [3.05, 3.63) is 17.0 Å². The molecule has 0 spiro atoms. The van der Waals surface area contributed by atoms with Crippen molar-refractivity contribution in [3.8, 4) is 0 Å². The van der Waals surface area contributed by atoms with Crippen LogP contribution >= 0.6 is 0 Å². The molecular formula is C13H22N4O2. The van der Waals surface area contributed by atoms with Crippen LogP contribution in [0.5, 0.6) is 0 Å². The molecule has 0 radical (unpaired) electrons. The summed E-state index contributed by atoms with van der Waals surface area (Å²) >= 11 is 0. The molecule has 0 atom stereocenters. The number of carbonyl (C=O) groups excluding carboxylic acids is 1. The largest absolute Gasteiger partial charge is 0.444 e. The first kappa shape index (κ1) is 13.9. The summed E-state index contributed by atoms with van der Waals surface area (Å²) in [6, 6.07) is 0. The van der Waals surface area contributed by atoms with E-state index in [1.165, 1.54) is 5.56 Å². The van der Waals surface area contributed by atoms with E-state index in [2.05, 4.69) is 5.10 Å². The fourth-order valence-corrected chi connectivity index (χ4v) is 2.32. The second kappa shape index (κ2) is 4.85. The van der Waals surface area contributed by atoms with Gasteiger partial charge >= 0.3 is 6.09 Å². The van der Waals surface area contributed by atoms with Gasteiger partial charge in [0.1, 0.15) is 5.60 Å². The van der Waals surface area contributed by atoms with Gasteiger partial charge in [-0.3, -0.25) is 4.68 Å². The Morgan fingerprint density at radius 1 is 1.47 bits per heavy atom. The van der Waals surface area contributed by atoms with Gasteiger partial charge in [-0.25, -0.2) is 4.79 Å². The van der Waals surface area contributed by atoms with Crippen molar-refractivity contribution in [2.24, 2.45) is 12.8 Å². The van der Waals surface area contributed by atoms with Gasteiger partial charge in [0.2, 0.25) is 0 Å². The number of nitrogens with two attached hydrogens (primary N) is 1. The highest BCUT2D eigenvalue weighted by Crippen LogP contribution is 2.22.